The first kappa shape index (κ1) is 15.7. The number of likely N-dealkylation sites (tertiary alicyclic amines) is 1. The van der Waals surface area contributed by atoms with E-state index in [2.05, 4.69) is 12.1 Å². The van der Waals surface area contributed by atoms with Gasteiger partial charge in [-0.25, -0.2) is 4.79 Å². The summed E-state index contributed by atoms with van der Waals surface area (Å²) in [5.41, 5.74) is 1.27. The zero-order valence-electron chi connectivity index (χ0n) is 12.6. The summed E-state index contributed by atoms with van der Waals surface area (Å²) in [6.07, 6.45) is 3.65. The molecule has 0 saturated carbocycles. The maximum Gasteiger partial charge on any atom is 0.521 e. The highest BCUT2D eigenvalue weighted by Crippen LogP contribution is 2.29. The molecule has 1 aliphatic rings. The second kappa shape index (κ2) is 6.85. The van der Waals surface area contributed by atoms with Gasteiger partial charge in [0.25, 0.3) is 0 Å². The van der Waals surface area contributed by atoms with Crippen molar-refractivity contribution in [2.24, 2.45) is 0 Å². The third kappa shape index (κ3) is 3.32. The number of hydrogen-bond donors (Lipinski definition) is 1. The zero-order chi connectivity index (χ0) is 15.3. The van der Waals surface area contributed by atoms with Gasteiger partial charge < -0.3 is 5.11 Å². The van der Waals surface area contributed by atoms with E-state index in [1.165, 1.54) is 5.56 Å². The molecule has 21 heavy (non-hydrogen) atoms. The van der Waals surface area contributed by atoms with E-state index in [4.69, 9.17) is 0 Å². The zero-order valence-corrected chi connectivity index (χ0v) is 12.6. The number of carbonyl (C=O) groups is 2. The summed E-state index contributed by atoms with van der Waals surface area (Å²) in [5, 5.41) is 9.49. The Kier molecular flexibility index (Phi) is 5.12. The lowest BCUT2D eigenvalue weighted by Crippen LogP contribution is -2.58. The fourth-order valence-corrected chi connectivity index (χ4v) is 3.29. The number of benzene rings is 1. The van der Waals surface area contributed by atoms with Gasteiger partial charge in [0, 0.05) is 12.8 Å². The second-order valence-corrected chi connectivity index (χ2v) is 5.95. The molecule has 0 spiro atoms. The van der Waals surface area contributed by atoms with Crippen LogP contribution in [-0.4, -0.2) is 34.2 Å². The molecule has 1 aromatic carbocycles. The first-order chi connectivity index (χ1) is 10.1. The van der Waals surface area contributed by atoms with Crippen LogP contribution >= 0.6 is 0 Å². The van der Waals surface area contributed by atoms with Crippen LogP contribution in [-0.2, 0) is 11.2 Å². The maximum absolute atomic E-state index is 12.4. The molecule has 1 aliphatic heterocycles. The molecule has 1 N–H and O–H groups in total. The van der Waals surface area contributed by atoms with Crippen LogP contribution in [0, 0.1) is 0 Å². The van der Waals surface area contributed by atoms with Gasteiger partial charge in [0.05, 0.1) is 13.0 Å². The lowest BCUT2D eigenvalue weighted by atomic mass is 10.1. The number of imide groups is 1. The lowest BCUT2D eigenvalue weighted by Gasteiger charge is -2.29. The molecule has 4 nitrogen and oxygen atoms in total. The number of amides is 2. The molecule has 0 radical (unpaired) electrons. The van der Waals surface area contributed by atoms with E-state index in [1.807, 2.05) is 25.1 Å². The molecule has 1 fully saturated rings. The largest absolute Gasteiger partial charge is 0.521 e. The Labute approximate surface area is 126 Å². The highest BCUT2D eigenvalue weighted by Gasteiger charge is 2.52. The Morgan fingerprint density at radius 3 is 2.52 bits per heavy atom. The molecule has 2 rings (SSSR count). The number of carboxylic acid groups (broad SMARTS) is 1. The predicted octanol–water partition coefficient (Wildman–Crippen LogP) is 3.60. The van der Waals surface area contributed by atoms with E-state index in [1.54, 1.807) is 0 Å². The normalized spacial score (nSPS) is 24.9. The van der Waals surface area contributed by atoms with Crippen molar-refractivity contribution < 1.29 is 19.2 Å². The SMILES string of the molecule is C[C@@H]1CCC[N+]1(C(=O)O)C(=O)CCCCc1ccccc1. The predicted molar refractivity (Wildman–Crippen MR) is 80.9 cm³/mol. The van der Waals surface area contributed by atoms with Crippen molar-refractivity contribution >= 4 is 12.0 Å². The highest BCUT2D eigenvalue weighted by atomic mass is 16.4. The van der Waals surface area contributed by atoms with Crippen LogP contribution < -0.4 is 0 Å². The van der Waals surface area contributed by atoms with Crippen molar-refractivity contribution in [2.75, 3.05) is 6.54 Å². The van der Waals surface area contributed by atoms with Crippen molar-refractivity contribution in [3.63, 3.8) is 0 Å². The van der Waals surface area contributed by atoms with Gasteiger partial charge >= 0.3 is 12.0 Å². The Bertz CT molecular complexity index is 500. The summed E-state index contributed by atoms with van der Waals surface area (Å²) in [7, 11) is 0. The van der Waals surface area contributed by atoms with Crippen molar-refractivity contribution in [3.05, 3.63) is 35.9 Å². The van der Waals surface area contributed by atoms with Crippen LogP contribution in [0.1, 0.15) is 44.6 Å². The van der Waals surface area contributed by atoms with Crippen LogP contribution in [0.25, 0.3) is 0 Å². The third-order valence-electron chi connectivity index (χ3n) is 4.62. The summed E-state index contributed by atoms with van der Waals surface area (Å²) in [5.74, 6) is -0.124. The molecule has 0 bridgehead atoms. The Morgan fingerprint density at radius 1 is 1.24 bits per heavy atom. The minimum Gasteiger partial charge on any atom is -0.435 e. The Morgan fingerprint density at radius 2 is 1.95 bits per heavy atom. The average Bonchev–Trinajstić information content (AvgIpc) is 2.87. The molecule has 4 heteroatoms. The van der Waals surface area contributed by atoms with Crippen molar-refractivity contribution in [1.82, 2.24) is 0 Å². The monoisotopic (exact) mass is 290 g/mol. The van der Waals surface area contributed by atoms with Gasteiger partial charge in [-0.15, -0.1) is 0 Å². The van der Waals surface area contributed by atoms with Gasteiger partial charge in [-0.3, -0.25) is 0 Å². The van der Waals surface area contributed by atoms with Crippen LogP contribution in [0.15, 0.2) is 30.3 Å². The van der Waals surface area contributed by atoms with Crippen LogP contribution in [0.2, 0.25) is 0 Å². The fourth-order valence-electron chi connectivity index (χ4n) is 3.29. The van der Waals surface area contributed by atoms with E-state index in [9.17, 15) is 14.7 Å². The van der Waals surface area contributed by atoms with Crippen LogP contribution in [0.5, 0.6) is 0 Å². The van der Waals surface area contributed by atoms with Gasteiger partial charge in [-0.2, -0.15) is 9.28 Å². The number of nitrogens with zero attached hydrogens (tertiary/aromatic N) is 1. The minimum atomic E-state index is -0.979. The van der Waals surface area contributed by atoms with Crippen LogP contribution in [0.3, 0.4) is 0 Å². The van der Waals surface area contributed by atoms with E-state index in [0.29, 0.717) is 13.0 Å². The molecule has 2 amide bonds. The molecule has 1 heterocycles. The first-order valence-corrected chi connectivity index (χ1v) is 7.76. The minimum absolute atomic E-state index is 0.0934. The maximum atomic E-state index is 12.4. The molecule has 1 aromatic rings. The number of carbonyl (C=O) groups excluding carboxylic acids is 1. The smallest absolute Gasteiger partial charge is 0.435 e. The van der Waals surface area contributed by atoms with Crippen LogP contribution in [0.4, 0.5) is 4.79 Å². The highest BCUT2D eigenvalue weighted by molar-refractivity contribution is 5.80. The van der Waals surface area contributed by atoms with E-state index in [0.717, 1.165) is 32.1 Å². The summed E-state index contributed by atoms with van der Waals surface area (Å²) >= 11 is 0. The van der Waals surface area contributed by atoms with E-state index in [-0.39, 0.29) is 16.4 Å². The Hall–Kier alpha value is -1.68. The molecule has 1 unspecified atom stereocenters. The number of aryl methyl sites for hydroxylation is 1. The Balaban J connectivity index is 1.85. The topological polar surface area (TPSA) is 54.4 Å². The molecular weight excluding hydrogens is 266 g/mol. The number of unbranched alkanes of at least 4 members (excludes halogenated alkanes) is 1. The van der Waals surface area contributed by atoms with Crippen molar-refractivity contribution in [1.29, 1.82) is 0 Å². The summed E-state index contributed by atoms with van der Waals surface area (Å²) < 4.78 is -0.356. The van der Waals surface area contributed by atoms with E-state index < -0.39 is 6.09 Å². The molecule has 1 saturated heterocycles. The van der Waals surface area contributed by atoms with Gasteiger partial charge in [0.15, 0.2) is 0 Å². The van der Waals surface area contributed by atoms with Gasteiger partial charge in [-0.05, 0) is 31.7 Å². The van der Waals surface area contributed by atoms with Gasteiger partial charge in [-0.1, -0.05) is 30.3 Å². The van der Waals surface area contributed by atoms with Crippen molar-refractivity contribution in [3.8, 4) is 0 Å². The second-order valence-electron chi connectivity index (χ2n) is 5.95. The lowest BCUT2D eigenvalue weighted by molar-refractivity contribution is -0.792. The number of quaternary nitrogens is 1. The molecule has 2 atom stereocenters. The molecular formula is C17H24NO3+. The summed E-state index contributed by atoms with van der Waals surface area (Å²) in [6, 6.07) is 10.1. The molecule has 114 valence electrons. The van der Waals surface area contributed by atoms with Gasteiger partial charge in [0.1, 0.15) is 6.04 Å². The molecule has 0 aromatic heterocycles. The fraction of sp³-hybridized carbons (Fsp3) is 0.529. The summed E-state index contributed by atoms with van der Waals surface area (Å²) in [6.45, 7) is 2.33. The third-order valence-corrected chi connectivity index (χ3v) is 4.62. The number of rotatable bonds is 5. The number of hydrogen-bond acceptors (Lipinski definition) is 2. The van der Waals surface area contributed by atoms with E-state index >= 15 is 0 Å². The molecule has 0 aliphatic carbocycles. The summed E-state index contributed by atoms with van der Waals surface area (Å²) in [4.78, 5) is 24.0. The van der Waals surface area contributed by atoms with Gasteiger partial charge in [0.2, 0.25) is 0 Å². The average molecular weight is 290 g/mol. The quantitative estimate of drug-likeness (QED) is 0.666. The standard InChI is InChI=1S/C17H23NO3/c1-14-8-7-13-18(14,17(20)21)16(19)12-6-5-11-15-9-3-2-4-10-15/h2-4,9-10,14H,5-8,11-13H2,1H3/p+1/t14-,18?/m1/s1. The van der Waals surface area contributed by atoms with Crippen molar-refractivity contribution in [2.45, 2.75) is 51.5 Å². The first-order valence-electron chi connectivity index (χ1n) is 7.76.